The molecular weight excluding hydrogens is 272 g/mol. The predicted octanol–water partition coefficient (Wildman–Crippen LogP) is 3.15. The maximum atomic E-state index is 6.23. The van der Waals surface area contributed by atoms with E-state index in [2.05, 4.69) is 24.1 Å². The topological polar surface area (TPSA) is 38.5 Å². The van der Waals surface area contributed by atoms with E-state index in [1.54, 1.807) is 0 Å². The van der Waals surface area contributed by atoms with Gasteiger partial charge in [-0.05, 0) is 50.4 Å². The number of ether oxygens (including phenoxy) is 1. The summed E-state index contributed by atoms with van der Waals surface area (Å²) in [6.45, 7) is 4.42. The van der Waals surface area contributed by atoms with Gasteiger partial charge in [-0.3, -0.25) is 4.90 Å². The molecule has 2 N–H and O–H groups in total. The summed E-state index contributed by atoms with van der Waals surface area (Å²) in [4.78, 5) is 2.29. The predicted molar refractivity (Wildman–Crippen MR) is 84.2 cm³/mol. The lowest BCUT2D eigenvalue weighted by Gasteiger charge is -2.32. The van der Waals surface area contributed by atoms with Gasteiger partial charge in [-0.2, -0.15) is 0 Å². The normalized spacial score (nSPS) is 21.1. The number of rotatable bonds is 5. The van der Waals surface area contributed by atoms with Crippen molar-refractivity contribution in [2.75, 3.05) is 26.7 Å². The second-order valence-corrected chi connectivity index (χ2v) is 6.10. The average molecular weight is 297 g/mol. The van der Waals surface area contributed by atoms with Crippen molar-refractivity contribution >= 4 is 11.6 Å². The summed E-state index contributed by atoms with van der Waals surface area (Å²) >= 11 is 6.23. The molecular formula is C16H25ClN2O. The molecule has 0 aliphatic carbocycles. The van der Waals surface area contributed by atoms with E-state index in [1.165, 1.54) is 18.4 Å². The minimum atomic E-state index is 0.193. The maximum Gasteiger partial charge on any atom is 0.0702 e. The fraction of sp³-hybridized carbons (Fsp3) is 0.625. The van der Waals surface area contributed by atoms with Gasteiger partial charge in [0, 0.05) is 30.8 Å². The summed E-state index contributed by atoms with van der Waals surface area (Å²) in [6.07, 6.45) is 3.94. The first-order valence-corrected chi connectivity index (χ1v) is 7.77. The molecule has 0 saturated carbocycles. The van der Waals surface area contributed by atoms with E-state index in [-0.39, 0.29) is 6.04 Å². The van der Waals surface area contributed by atoms with E-state index in [0.717, 1.165) is 30.2 Å². The van der Waals surface area contributed by atoms with Gasteiger partial charge < -0.3 is 10.5 Å². The van der Waals surface area contributed by atoms with Crippen LogP contribution in [0.25, 0.3) is 0 Å². The molecule has 1 aromatic carbocycles. The Hall–Kier alpha value is -0.610. The van der Waals surface area contributed by atoms with Crippen LogP contribution in [0, 0.1) is 6.92 Å². The average Bonchev–Trinajstić information content (AvgIpc) is 2.44. The van der Waals surface area contributed by atoms with Crippen molar-refractivity contribution in [2.24, 2.45) is 5.73 Å². The van der Waals surface area contributed by atoms with Gasteiger partial charge in [-0.25, -0.2) is 0 Å². The molecule has 0 bridgehead atoms. The fourth-order valence-electron chi connectivity index (χ4n) is 2.79. The zero-order valence-corrected chi connectivity index (χ0v) is 13.2. The van der Waals surface area contributed by atoms with E-state index < -0.39 is 0 Å². The lowest BCUT2D eigenvalue weighted by atomic mass is 10.0. The van der Waals surface area contributed by atoms with Crippen LogP contribution in [0.15, 0.2) is 18.2 Å². The first-order chi connectivity index (χ1) is 9.61. The number of likely N-dealkylation sites (N-methyl/N-ethyl adjacent to an activating group) is 1. The van der Waals surface area contributed by atoms with Crippen LogP contribution in [-0.4, -0.2) is 37.7 Å². The molecule has 1 aliphatic rings. The second-order valence-electron chi connectivity index (χ2n) is 5.69. The number of halogens is 1. The summed E-state index contributed by atoms with van der Waals surface area (Å²) in [5.41, 5.74) is 8.26. The van der Waals surface area contributed by atoms with Crippen LogP contribution < -0.4 is 5.73 Å². The van der Waals surface area contributed by atoms with Gasteiger partial charge >= 0.3 is 0 Å². The zero-order valence-electron chi connectivity index (χ0n) is 12.4. The molecule has 1 aliphatic heterocycles. The first kappa shape index (κ1) is 15.8. The monoisotopic (exact) mass is 296 g/mol. The summed E-state index contributed by atoms with van der Waals surface area (Å²) in [5, 5.41) is 0.809. The van der Waals surface area contributed by atoms with Crippen molar-refractivity contribution in [3.8, 4) is 0 Å². The van der Waals surface area contributed by atoms with Crippen molar-refractivity contribution in [1.29, 1.82) is 0 Å². The fourth-order valence-corrected chi connectivity index (χ4v) is 2.98. The van der Waals surface area contributed by atoms with E-state index in [1.807, 2.05) is 13.0 Å². The molecule has 2 unspecified atom stereocenters. The van der Waals surface area contributed by atoms with Crippen molar-refractivity contribution in [3.05, 3.63) is 34.3 Å². The third-order valence-corrected chi connectivity index (χ3v) is 4.51. The Morgan fingerprint density at radius 2 is 2.25 bits per heavy atom. The Labute approximate surface area is 127 Å². The molecule has 1 aromatic rings. The van der Waals surface area contributed by atoms with Gasteiger partial charge in [0.05, 0.1) is 6.10 Å². The van der Waals surface area contributed by atoms with Crippen molar-refractivity contribution in [3.63, 3.8) is 0 Å². The third-order valence-electron chi connectivity index (χ3n) is 4.10. The van der Waals surface area contributed by atoms with Gasteiger partial charge in [0.1, 0.15) is 0 Å². The van der Waals surface area contributed by atoms with Crippen LogP contribution in [0.5, 0.6) is 0 Å². The SMILES string of the molecule is Cc1ccc(C(CN)N(C)CC2CCCCO2)cc1Cl. The number of nitrogens with zero attached hydrogens (tertiary/aromatic N) is 1. The third kappa shape index (κ3) is 3.95. The van der Waals surface area contributed by atoms with Gasteiger partial charge in [-0.1, -0.05) is 23.7 Å². The molecule has 1 saturated heterocycles. The number of aryl methyl sites for hydroxylation is 1. The number of nitrogens with two attached hydrogens (primary N) is 1. The molecule has 2 atom stereocenters. The molecule has 20 heavy (non-hydrogen) atoms. The summed E-state index contributed by atoms with van der Waals surface area (Å²) in [5.74, 6) is 0. The quantitative estimate of drug-likeness (QED) is 0.907. The van der Waals surface area contributed by atoms with Gasteiger partial charge in [0.15, 0.2) is 0 Å². The van der Waals surface area contributed by atoms with Crippen LogP contribution in [-0.2, 0) is 4.74 Å². The Bertz CT molecular complexity index is 432. The molecule has 0 amide bonds. The Morgan fingerprint density at radius 1 is 1.45 bits per heavy atom. The standard InChI is InChI=1S/C16H25ClN2O/c1-12-6-7-13(9-15(12)17)16(10-18)19(2)11-14-5-3-4-8-20-14/h6-7,9,14,16H,3-5,8,10-11,18H2,1-2H3. The van der Waals surface area contributed by atoms with E-state index >= 15 is 0 Å². The van der Waals surface area contributed by atoms with Crippen LogP contribution in [0.2, 0.25) is 5.02 Å². The van der Waals surface area contributed by atoms with Gasteiger partial charge in [-0.15, -0.1) is 0 Å². The zero-order chi connectivity index (χ0) is 14.5. The highest BCUT2D eigenvalue weighted by Gasteiger charge is 2.21. The molecule has 1 fully saturated rings. The molecule has 112 valence electrons. The van der Waals surface area contributed by atoms with E-state index in [4.69, 9.17) is 22.1 Å². The first-order valence-electron chi connectivity index (χ1n) is 7.39. The molecule has 3 nitrogen and oxygen atoms in total. The minimum Gasteiger partial charge on any atom is -0.377 e. The maximum absolute atomic E-state index is 6.23. The summed E-state index contributed by atoms with van der Waals surface area (Å²) in [7, 11) is 2.11. The van der Waals surface area contributed by atoms with Crippen molar-refractivity contribution in [2.45, 2.75) is 38.3 Å². The van der Waals surface area contributed by atoms with E-state index in [0.29, 0.717) is 12.6 Å². The molecule has 1 heterocycles. The summed E-state index contributed by atoms with van der Waals surface area (Å²) in [6, 6.07) is 6.41. The van der Waals surface area contributed by atoms with Crippen LogP contribution in [0.3, 0.4) is 0 Å². The van der Waals surface area contributed by atoms with E-state index in [9.17, 15) is 0 Å². The number of hydrogen-bond donors (Lipinski definition) is 1. The Morgan fingerprint density at radius 3 is 2.85 bits per heavy atom. The second kappa shape index (κ2) is 7.41. The molecule has 2 rings (SSSR count). The van der Waals surface area contributed by atoms with Gasteiger partial charge in [0.2, 0.25) is 0 Å². The van der Waals surface area contributed by atoms with Crippen LogP contribution in [0.1, 0.15) is 36.4 Å². The molecule has 0 spiro atoms. The number of benzene rings is 1. The van der Waals surface area contributed by atoms with Crippen molar-refractivity contribution in [1.82, 2.24) is 4.90 Å². The highest BCUT2D eigenvalue weighted by molar-refractivity contribution is 6.31. The lowest BCUT2D eigenvalue weighted by Crippen LogP contribution is -2.38. The van der Waals surface area contributed by atoms with Gasteiger partial charge in [0.25, 0.3) is 0 Å². The largest absolute Gasteiger partial charge is 0.377 e. The van der Waals surface area contributed by atoms with Crippen LogP contribution >= 0.6 is 11.6 Å². The molecule has 0 radical (unpaired) electrons. The molecule has 0 aromatic heterocycles. The summed E-state index contributed by atoms with van der Waals surface area (Å²) < 4.78 is 5.81. The highest BCUT2D eigenvalue weighted by atomic mass is 35.5. The lowest BCUT2D eigenvalue weighted by molar-refractivity contribution is -0.00777. The van der Waals surface area contributed by atoms with Crippen LogP contribution in [0.4, 0.5) is 0 Å². The minimum absolute atomic E-state index is 0.193. The highest BCUT2D eigenvalue weighted by Crippen LogP contribution is 2.25. The smallest absolute Gasteiger partial charge is 0.0702 e. The Kier molecular flexibility index (Phi) is 5.85. The number of hydrogen-bond acceptors (Lipinski definition) is 3. The molecule has 4 heteroatoms. The van der Waals surface area contributed by atoms with Crippen molar-refractivity contribution < 1.29 is 4.74 Å². The Balaban J connectivity index is 2.03.